The third-order valence-electron chi connectivity index (χ3n) is 4.68. The predicted octanol–water partition coefficient (Wildman–Crippen LogP) is 4.71. The molecule has 0 saturated heterocycles. The Balaban J connectivity index is 1.81. The Bertz CT molecular complexity index is 977. The molecule has 1 aromatic heterocycles. The fourth-order valence-corrected chi connectivity index (χ4v) is 3.62. The van der Waals surface area contributed by atoms with Crippen molar-refractivity contribution in [3.05, 3.63) is 74.6 Å². The van der Waals surface area contributed by atoms with Crippen molar-refractivity contribution in [3.63, 3.8) is 0 Å². The van der Waals surface area contributed by atoms with Crippen molar-refractivity contribution in [2.75, 3.05) is 11.4 Å². The number of hydrogen-bond acceptors (Lipinski definition) is 3. The molecule has 0 radical (unpaired) electrons. The van der Waals surface area contributed by atoms with E-state index in [0.29, 0.717) is 17.2 Å². The summed E-state index contributed by atoms with van der Waals surface area (Å²) in [5, 5.41) is 1.60. The topological polar surface area (TPSA) is 33.5 Å². The molecule has 0 N–H and O–H groups in total. The summed E-state index contributed by atoms with van der Waals surface area (Å²) in [6.45, 7) is 3.58. The highest BCUT2D eigenvalue weighted by Gasteiger charge is 2.18. The lowest BCUT2D eigenvalue weighted by molar-refractivity contribution is 0.557. The molecule has 122 valence electrons. The van der Waals surface area contributed by atoms with Crippen LogP contribution in [0.3, 0.4) is 0 Å². The van der Waals surface area contributed by atoms with E-state index in [1.54, 1.807) is 6.07 Å². The van der Waals surface area contributed by atoms with E-state index in [1.807, 2.05) is 19.1 Å². The average Bonchev–Trinajstić information content (AvgIpc) is 2.57. The number of rotatable bonds is 2. The number of halogens is 1. The molecule has 24 heavy (non-hydrogen) atoms. The highest BCUT2D eigenvalue weighted by atomic mass is 35.5. The van der Waals surface area contributed by atoms with Crippen LogP contribution in [0.5, 0.6) is 0 Å². The molecule has 1 aliphatic rings. The first-order chi connectivity index (χ1) is 11.6. The number of anilines is 1. The molecular formula is C20H18ClNO2. The first kappa shape index (κ1) is 15.3. The van der Waals surface area contributed by atoms with Crippen molar-refractivity contribution in [1.29, 1.82) is 0 Å². The molecular weight excluding hydrogens is 322 g/mol. The maximum Gasteiger partial charge on any atom is 0.336 e. The van der Waals surface area contributed by atoms with Gasteiger partial charge in [0.15, 0.2) is 0 Å². The zero-order valence-corrected chi connectivity index (χ0v) is 14.3. The van der Waals surface area contributed by atoms with Gasteiger partial charge in [0, 0.05) is 35.3 Å². The van der Waals surface area contributed by atoms with Gasteiger partial charge in [0.25, 0.3) is 0 Å². The number of aryl methyl sites for hydroxylation is 2. The van der Waals surface area contributed by atoms with Crippen molar-refractivity contribution in [2.24, 2.45) is 0 Å². The van der Waals surface area contributed by atoms with Crippen LogP contribution in [0.2, 0.25) is 5.02 Å². The molecule has 0 amide bonds. The number of nitrogens with zero attached hydrogens (tertiary/aromatic N) is 1. The Morgan fingerprint density at radius 1 is 1.21 bits per heavy atom. The molecule has 0 unspecified atom stereocenters. The van der Waals surface area contributed by atoms with Gasteiger partial charge in [-0.25, -0.2) is 4.79 Å². The van der Waals surface area contributed by atoms with Crippen LogP contribution in [-0.4, -0.2) is 6.54 Å². The molecule has 1 aliphatic heterocycles. The largest absolute Gasteiger partial charge is 0.423 e. The molecule has 2 heterocycles. The van der Waals surface area contributed by atoms with Gasteiger partial charge in [0.2, 0.25) is 0 Å². The van der Waals surface area contributed by atoms with E-state index in [2.05, 4.69) is 29.2 Å². The molecule has 0 spiro atoms. The van der Waals surface area contributed by atoms with Crippen LogP contribution in [0.1, 0.15) is 23.1 Å². The van der Waals surface area contributed by atoms with Crippen molar-refractivity contribution in [1.82, 2.24) is 0 Å². The van der Waals surface area contributed by atoms with E-state index in [1.165, 1.54) is 11.3 Å². The van der Waals surface area contributed by atoms with Gasteiger partial charge in [-0.3, -0.25) is 0 Å². The van der Waals surface area contributed by atoms with Crippen LogP contribution < -0.4 is 10.5 Å². The lowest BCUT2D eigenvalue weighted by Gasteiger charge is -2.31. The van der Waals surface area contributed by atoms with Crippen LogP contribution in [0, 0.1) is 6.92 Å². The zero-order valence-electron chi connectivity index (χ0n) is 13.5. The van der Waals surface area contributed by atoms with Gasteiger partial charge in [-0.15, -0.1) is 0 Å². The Morgan fingerprint density at radius 2 is 2.04 bits per heavy atom. The summed E-state index contributed by atoms with van der Waals surface area (Å²) < 4.78 is 5.36. The average molecular weight is 340 g/mol. The molecule has 0 aliphatic carbocycles. The van der Waals surface area contributed by atoms with E-state index < -0.39 is 0 Å². The van der Waals surface area contributed by atoms with E-state index in [4.69, 9.17) is 16.0 Å². The van der Waals surface area contributed by atoms with Crippen molar-refractivity contribution in [3.8, 4) is 0 Å². The van der Waals surface area contributed by atoms with Crippen LogP contribution in [0.15, 0.2) is 51.7 Å². The first-order valence-electron chi connectivity index (χ1n) is 8.17. The van der Waals surface area contributed by atoms with Crippen LogP contribution in [0.4, 0.5) is 5.69 Å². The SMILES string of the molecule is Cc1cc2oc(=O)cc(CN3CCCc4ccccc43)c2cc1Cl. The smallest absolute Gasteiger partial charge is 0.336 e. The summed E-state index contributed by atoms with van der Waals surface area (Å²) in [5.41, 5.74) is 4.77. The summed E-state index contributed by atoms with van der Waals surface area (Å²) in [6, 6.07) is 13.8. The minimum atomic E-state index is -0.315. The fraction of sp³-hybridized carbons (Fsp3) is 0.250. The minimum Gasteiger partial charge on any atom is -0.423 e. The highest BCUT2D eigenvalue weighted by Crippen LogP contribution is 2.30. The van der Waals surface area contributed by atoms with Crippen molar-refractivity contribution < 1.29 is 4.42 Å². The van der Waals surface area contributed by atoms with Crippen LogP contribution in [-0.2, 0) is 13.0 Å². The Labute approximate surface area is 145 Å². The maximum absolute atomic E-state index is 12.0. The summed E-state index contributed by atoms with van der Waals surface area (Å²) >= 11 is 6.29. The Morgan fingerprint density at radius 3 is 2.92 bits per heavy atom. The number of hydrogen-bond donors (Lipinski definition) is 0. The van der Waals surface area contributed by atoms with Crippen molar-refractivity contribution in [2.45, 2.75) is 26.3 Å². The summed E-state index contributed by atoms with van der Waals surface area (Å²) in [6.07, 6.45) is 2.23. The van der Waals surface area contributed by atoms with Crippen LogP contribution in [0.25, 0.3) is 11.0 Å². The van der Waals surface area contributed by atoms with E-state index >= 15 is 0 Å². The minimum absolute atomic E-state index is 0.315. The lowest BCUT2D eigenvalue weighted by Crippen LogP contribution is -2.29. The summed E-state index contributed by atoms with van der Waals surface area (Å²) in [5.74, 6) is 0. The van der Waals surface area contributed by atoms with Gasteiger partial charge < -0.3 is 9.32 Å². The molecule has 2 aromatic carbocycles. The van der Waals surface area contributed by atoms with Gasteiger partial charge in [-0.2, -0.15) is 0 Å². The fourth-order valence-electron chi connectivity index (χ4n) is 3.46. The number of benzene rings is 2. The van der Waals surface area contributed by atoms with Crippen LogP contribution >= 0.6 is 11.6 Å². The first-order valence-corrected chi connectivity index (χ1v) is 8.55. The third-order valence-corrected chi connectivity index (χ3v) is 5.08. The standard InChI is InChI=1S/C20H18ClNO2/c1-13-9-19-16(11-17(13)21)15(10-20(23)24-19)12-22-8-4-6-14-5-2-3-7-18(14)22/h2-3,5,7,9-11H,4,6,8,12H2,1H3. The van der Waals surface area contributed by atoms with Gasteiger partial charge >= 0.3 is 5.63 Å². The second kappa shape index (κ2) is 5.99. The van der Waals surface area contributed by atoms with Gasteiger partial charge in [0.05, 0.1) is 0 Å². The van der Waals surface area contributed by atoms with Gasteiger partial charge in [-0.05, 0) is 54.7 Å². The zero-order chi connectivity index (χ0) is 16.7. The lowest BCUT2D eigenvalue weighted by atomic mass is 10.0. The second-order valence-electron chi connectivity index (χ2n) is 6.34. The number of para-hydroxylation sites is 1. The summed E-state index contributed by atoms with van der Waals surface area (Å²) in [7, 11) is 0. The van der Waals surface area contributed by atoms with E-state index in [0.717, 1.165) is 35.9 Å². The van der Waals surface area contributed by atoms with E-state index in [-0.39, 0.29) is 5.63 Å². The molecule has 3 aromatic rings. The maximum atomic E-state index is 12.0. The molecule has 0 bridgehead atoms. The molecule has 0 fully saturated rings. The van der Waals surface area contributed by atoms with Crippen molar-refractivity contribution >= 4 is 28.3 Å². The highest BCUT2D eigenvalue weighted by molar-refractivity contribution is 6.32. The number of fused-ring (bicyclic) bond motifs is 2. The molecule has 4 heteroatoms. The molecule has 3 nitrogen and oxygen atoms in total. The molecule has 0 atom stereocenters. The summed E-state index contributed by atoms with van der Waals surface area (Å²) in [4.78, 5) is 14.3. The molecule has 0 saturated carbocycles. The van der Waals surface area contributed by atoms with E-state index in [9.17, 15) is 4.79 Å². The third kappa shape index (κ3) is 2.69. The second-order valence-corrected chi connectivity index (χ2v) is 6.75. The normalized spacial score (nSPS) is 14.0. The Kier molecular flexibility index (Phi) is 3.81. The Hall–Kier alpha value is -2.26. The van der Waals surface area contributed by atoms with Gasteiger partial charge in [0.1, 0.15) is 5.58 Å². The predicted molar refractivity (Wildman–Crippen MR) is 98.0 cm³/mol. The quantitative estimate of drug-likeness (QED) is 0.634. The monoisotopic (exact) mass is 339 g/mol. The molecule has 4 rings (SSSR count). The van der Waals surface area contributed by atoms with Gasteiger partial charge in [-0.1, -0.05) is 29.8 Å².